The van der Waals surface area contributed by atoms with Gasteiger partial charge in [0.05, 0.1) is 0 Å². The Morgan fingerprint density at radius 2 is 1.31 bits per heavy atom. The number of hydrogen-bond donors (Lipinski definition) is 0. The quantitative estimate of drug-likeness (QED) is 0.327. The van der Waals surface area contributed by atoms with E-state index in [0.29, 0.717) is 0 Å². The molecular formula is C29H48. The summed E-state index contributed by atoms with van der Waals surface area (Å²) in [6.07, 6.45) is 24.5. The molecule has 0 aliphatic heterocycles. The smallest absolute Gasteiger partial charge is 0.0159 e. The Hall–Kier alpha value is -0.780. The molecule has 2 fully saturated rings. The van der Waals surface area contributed by atoms with Crippen molar-refractivity contribution in [3.63, 3.8) is 0 Å². The molecular weight excluding hydrogens is 348 g/mol. The molecule has 1 aromatic rings. The molecule has 0 bridgehead atoms. The molecule has 0 radical (unpaired) electrons. The number of unbranched alkanes of at least 4 members (excludes halogenated alkanes) is 3. The van der Waals surface area contributed by atoms with E-state index in [4.69, 9.17) is 0 Å². The second-order valence-corrected chi connectivity index (χ2v) is 10.5. The molecule has 164 valence electrons. The molecule has 2 aliphatic carbocycles. The molecule has 29 heavy (non-hydrogen) atoms. The van der Waals surface area contributed by atoms with E-state index in [1.807, 2.05) is 0 Å². The van der Waals surface area contributed by atoms with Gasteiger partial charge in [0.2, 0.25) is 0 Å². The summed E-state index contributed by atoms with van der Waals surface area (Å²) in [5.41, 5.74) is 3.21. The highest BCUT2D eigenvalue weighted by Gasteiger charge is 2.23. The van der Waals surface area contributed by atoms with Gasteiger partial charge in [0.1, 0.15) is 0 Å². The molecule has 0 amide bonds. The molecule has 0 spiro atoms. The Kier molecular flexibility index (Phi) is 10.1. The van der Waals surface area contributed by atoms with Crippen LogP contribution in [0.15, 0.2) is 24.3 Å². The van der Waals surface area contributed by atoms with Crippen LogP contribution in [0.5, 0.6) is 0 Å². The van der Waals surface area contributed by atoms with Gasteiger partial charge in [-0.15, -0.1) is 0 Å². The van der Waals surface area contributed by atoms with E-state index in [2.05, 4.69) is 38.1 Å². The predicted molar refractivity (Wildman–Crippen MR) is 129 cm³/mol. The maximum absolute atomic E-state index is 2.48. The fraction of sp³-hybridized carbons (Fsp3) is 0.793. The SMILES string of the molecule is CCCCC[C@@H]1CCC[C@@H](c2ccc(CC[C@H]3CC[C@H](CCCC)CC3)cc2)C1. The number of rotatable bonds is 11. The van der Waals surface area contributed by atoms with Crippen LogP contribution in [0.2, 0.25) is 0 Å². The third-order valence-corrected chi connectivity index (χ3v) is 8.22. The lowest BCUT2D eigenvalue weighted by atomic mass is 9.76. The second-order valence-electron chi connectivity index (χ2n) is 10.5. The maximum atomic E-state index is 2.48. The minimum Gasteiger partial charge on any atom is -0.0654 e. The van der Waals surface area contributed by atoms with E-state index in [-0.39, 0.29) is 0 Å². The first kappa shape index (κ1) is 22.9. The van der Waals surface area contributed by atoms with Crippen LogP contribution in [0.25, 0.3) is 0 Å². The van der Waals surface area contributed by atoms with Crippen LogP contribution < -0.4 is 0 Å². The van der Waals surface area contributed by atoms with Crippen LogP contribution in [0.4, 0.5) is 0 Å². The summed E-state index contributed by atoms with van der Waals surface area (Å²) in [6, 6.07) is 9.89. The average molecular weight is 397 g/mol. The first-order valence-electron chi connectivity index (χ1n) is 13.4. The maximum Gasteiger partial charge on any atom is -0.0159 e. The van der Waals surface area contributed by atoms with Gasteiger partial charge in [0.15, 0.2) is 0 Å². The molecule has 0 heteroatoms. The van der Waals surface area contributed by atoms with E-state index in [1.54, 1.807) is 11.1 Å². The summed E-state index contributed by atoms with van der Waals surface area (Å²) < 4.78 is 0. The molecule has 1 aromatic carbocycles. The summed E-state index contributed by atoms with van der Waals surface area (Å²) >= 11 is 0. The Morgan fingerprint density at radius 3 is 2.00 bits per heavy atom. The number of aryl methyl sites for hydroxylation is 1. The van der Waals surface area contributed by atoms with E-state index in [1.165, 1.54) is 109 Å². The van der Waals surface area contributed by atoms with E-state index in [0.717, 1.165) is 23.7 Å². The van der Waals surface area contributed by atoms with Gasteiger partial charge >= 0.3 is 0 Å². The first-order valence-corrected chi connectivity index (χ1v) is 13.4. The van der Waals surface area contributed by atoms with Gasteiger partial charge in [0, 0.05) is 0 Å². The fourth-order valence-corrected chi connectivity index (χ4v) is 6.17. The zero-order valence-electron chi connectivity index (χ0n) is 19.6. The van der Waals surface area contributed by atoms with Crippen LogP contribution in [0, 0.1) is 17.8 Å². The lowest BCUT2D eigenvalue weighted by molar-refractivity contribution is 0.250. The standard InChI is InChI=1S/C29H48/c1-3-5-7-10-27-11-8-12-29(23-27)28-21-19-26(20-22-28)18-17-25-15-13-24(14-16-25)9-6-4-2/h19-22,24-25,27,29H,3-18,23H2,1-2H3/t24-,25-,27-,29-/m1/s1. The Balaban J connectivity index is 1.39. The van der Waals surface area contributed by atoms with Gasteiger partial charge in [-0.3, -0.25) is 0 Å². The number of benzene rings is 1. The molecule has 3 rings (SSSR count). The van der Waals surface area contributed by atoms with Crippen molar-refractivity contribution < 1.29 is 0 Å². The molecule has 2 atom stereocenters. The van der Waals surface area contributed by atoms with Gasteiger partial charge in [0.25, 0.3) is 0 Å². The topological polar surface area (TPSA) is 0 Å². The van der Waals surface area contributed by atoms with Gasteiger partial charge in [-0.2, -0.15) is 0 Å². The van der Waals surface area contributed by atoms with Crippen molar-refractivity contribution >= 4 is 0 Å². The summed E-state index contributed by atoms with van der Waals surface area (Å²) in [4.78, 5) is 0. The normalized spacial score (nSPS) is 27.8. The van der Waals surface area contributed by atoms with Crippen LogP contribution in [0.3, 0.4) is 0 Å². The Morgan fingerprint density at radius 1 is 0.655 bits per heavy atom. The van der Waals surface area contributed by atoms with Crippen molar-refractivity contribution in [2.45, 2.75) is 129 Å². The first-order chi connectivity index (χ1) is 14.3. The fourth-order valence-electron chi connectivity index (χ4n) is 6.17. The lowest BCUT2D eigenvalue weighted by Crippen LogP contribution is -2.15. The van der Waals surface area contributed by atoms with E-state index in [9.17, 15) is 0 Å². The third-order valence-electron chi connectivity index (χ3n) is 8.22. The minimum absolute atomic E-state index is 0.836. The van der Waals surface area contributed by atoms with Crippen molar-refractivity contribution in [1.82, 2.24) is 0 Å². The zero-order chi connectivity index (χ0) is 20.3. The molecule has 0 nitrogen and oxygen atoms in total. The highest BCUT2D eigenvalue weighted by Crippen LogP contribution is 2.39. The molecule has 0 saturated heterocycles. The second kappa shape index (κ2) is 12.8. The summed E-state index contributed by atoms with van der Waals surface area (Å²) in [6.45, 7) is 4.65. The third kappa shape index (κ3) is 7.76. The largest absolute Gasteiger partial charge is 0.0654 e. The minimum atomic E-state index is 0.836. The predicted octanol–water partition coefficient (Wildman–Crippen LogP) is 9.47. The van der Waals surface area contributed by atoms with E-state index < -0.39 is 0 Å². The van der Waals surface area contributed by atoms with Crippen molar-refractivity contribution in [2.75, 3.05) is 0 Å². The molecule has 2 saturated carbocycles. The Bertz CT molecular complexity index is 534. The van der Waals surface area contributed by atoms with Gasteiger partial charge in [-0.05, 0) is 60.5 Å². The summed E-state index contributed by atoms with van der Waals surface area (Å²) in [5, 5.41) is 0. The van der Waals surface area contributed by atoms with Crippen molar-refractivity contribution in [2.24, 2.45) is 17.8 Å². The molecule has 0 unspecified atom stereocenters. The van der Waals surface area contributed by atoms with Crippen LogP contribution >= 0.6 is 0 Å². The Labute approximate surface area is 182 Å². The van der Waals surface area contributed by atoms with Crippen molar-refractivity contribution in [1.29, 1.82) is 0 Å². The van der Waals surface area contributed by atoms with Crippen LogP contribution in [0.1, 0.15) is 134 Å². The summed E-state index contributed by atoms with van der Waals surface area (Å²) in [5.74, 6) is 3.87. The monoisotopic (exact) mass is 396 g/mol. The van der Waals surface area contributed by atoms with Gasteiger partial charge in [-0.25, -0.2) is 0 Å². The average Bonchev–Trinajstić information content (AvgIpc) is 2.78. The molecule has 0 N–H and O–H groups in total. The van der Waals surface area contributed by atoms with Crippen LogP contribution in [-0.2, 0) is 6.42 Å². The molecule has 0 heterocycles. The van der Waals surface area contributed by atoms with Gasteiger partial charge in [-0.1, -0.05) is 122 Å². The van der Waals surface area contributed by atoms with Crippen molar-refractivity contribution in [3.05, 3.63) is 35.4 Å². The highest BCUT2D eigenvalue weighted by molar-refractivity contribution is 5.26. The van der Waals surface area contributed by atoms with Gasteiger partial charge < -0.3 is 0 Å². The van der Waals surface area contributed by atoms with Crippen LogP contribution in [-0.4, -0.2) is 0 Å². The molecule has 0 aromatic heterocycles. The highest BCUT2D eigenvalue weighted by atomic mass is 14.3. The van der Waals surface area contributed by atoms with Crippen molar-refractivity contribution in [3.8, 4) is 0 Å². The van der Waals surface area contributed by atoms with E-state index >= 15 is 0 Å². The lowest BCUT2D eigenvalue weighted by Gasteiger charge is -2.30. The zero-order valence-corrected chi connectivity index (χ0v) is 19.6. The summed E-state index contributed by atoms with van der Waals surface area (Å²) in [7, 11) is 0. The molecule has 2 aliphatic rings. The number of hydrogen-bond acceptors (Lipinski definition) is 0.